The molecule has 2 heterocycles. The second kappa shape index (κ2) is 6.05. The molecule has 1 atom stereocenters. The predicted molar refractivity (Wildman–Crippen MR) is 95.6 cm³/mol. The fourth-order valence-corrected chi connectivity index (χ4v) is 3.22. The van der Waals surface area contributed by atoms with Crippen LogP contribution >= 0.6 is 0 Å². The Balaban J connectivity index is 1.63. The van der Waals surface area contributed by atoms with E-state index in [0.717, 1.165) is 22.5 Å². The van der Waals surface area contributed by atoms with Crippen LogP contribution in [0.3, 0.4) is 0 Å². The molecular formula is C19H18N4O2. The minimum absolute atomic E-state index is 0.0761. The van der Waals surface area contributed by atoms with Crippen LogP contribution in [0.4, 0.5) is 5.69 Å². The molecule has 126 valence electrons. The summed E-state index contributed by atoms with van der Waals surface area (Å²) in [5.41, 5.74) is 3.52. The first-order valence-corrected chi connectivity index (χ1v) is 8.26. The number of aromatic nitrogens is 2. The zero-order valence-corrected chi connectivity index (χ0v) is 13.8. The Morgan fingerprint density at radius 3 is 2.76 bits per heavy atom. The molecule has 4 rings (SSSR count). The van der Waals surface area contributed by atoms with E-state index in [2.05, 4.69) is 20.2 Å². The van der Waals surface area contributed by atoms with Gasteiger partial charge in [-0.25, -0.2) is 4.98 Å². The van der Waals surface area contributed by atoms with Gasteiger partial charge >= 0.3 is 0 Å². The Labute approximate surface area is 144 Å². The Morgan fingerprint density at radius 2 is 2.04 bits per heavy atom. The molecule has 1 aliphatic rings. The van der Waals surface area contributed by atoms with E-state index >= 15 is 0 Å². The number of nitrogens with one attached hydrogen (secondary N) is 2. The van der Waals surface area contributed by atoms with E-state index in [1.165, 1.54) is 0 Å². The van der Waals surface area contributed by atoms with Gasteiger partial charge in [0.15, 0.2) is 0 Å². The Bertz CT molecular complexity index is 962. The first-order chi connectivity index (χ1) is 12.1. The maximum absolute atomic E-state index is 12.2. The van der Waals surface area contributed by atoms with Gasteiger partial charge in [0.25, 0.3) is 0 Å². The molecule has 0 aliphatic carbocycles. The lowest BCUT2D eigenvalue weighted by Crippen LogP contribution is -2.37. The van der Waals surface area contributed by atoms with Crippen LogP contribution in [-0.4, -0.2) is 27.4 Å². The topological polar surface area (TPSA) is 76.0 Å². The van der Waals surface area contributed by atoms with Gasteiger partial charge < -0.3 is 10.6 Å². The van der Waals surface area contributed by atoms with Crippen LogP contribution < -0.4 is 10.6 Å². The van der Waals surface area contributed by atoms with Gasteiger partial charge in [-0.15, -0.1) is 0 Å². The van der Waals surface area contributed by atoms with Crippen molar-refractivity contribution in [2.24, 2.45) is 0 Å². The molecule has 1 fully saturated rings. The smallest absolute Gasteiger partial charge is 0.246 e. The number of hydrogen-bond donors (Lipinski definition) is 2. The van der Waals surface area contributed by atoms with E-state index in [1.807, 2.05) is 55.5 Å². The number of para-hydroxylation sites is 1. The third-order valence-electron chi connectivity index (χ3n) is 4.42. The number of amides is 2. The van der Waals surface area contributed by atoms with Gasteiger partial charge in [-0.05, 0) is 43.7 Å². The van der Waals surface area contributed by atoms with Gasteiger partial charge in [0.1, 0.15) is 11.9 Å². The molecule has 1 aliphatic heterocycles. The summed E-state index contributed by atoms with van der Waals surface area (Å²) in [6, 6.07) is 15.2. The molecule has 25 heavy (non-hydrogen) atoms. The lowest BCUT2D eigenvalue weighted by atomic mass is 10.2. The largest absolute Gasteiger partial charge is 0.344 e. The van der Waals surface area contributed by atoms with Crippen LogP contribution in [0, 0.1) is 6.92 Å². The van der Waals surface area contributed by atoms with Crippen molar-refractivity contribution in [3.8, 4) is 5.69 Å². The maximum Gasteiger partial charge on any atom is 0.246 e. The fourth-order valence-electron chi connectivity index (χ4n) is 3.22. The standard InChI is InChI=1S/C19H18N4O2/c1-12-20-16-11-13(21-19(25)15-8-10-18(24)22-15)7-9-17(16)23(12)14-5-3-2-4-6-14/h2-7,9,11,15H,8,10H2,1H3,(H,21,25)(H,22,24)/t15-/m0/s1. The summed E-state index contributed by atoms with van der Waals surface area (Å²) < 4.78 is 2.08. The van der Waals surface area contributed by atoms with Crippen LogP contribution in [0.5, 0.6) is 0 Å². The van der Waals surface area contributed by atoms with Gasteiger partial charge in [0.2, 0.25) is 11.8 Å². The normalized spacial score (nSPS) is 16.8. The van der Waals surface area contributed by atoms with Crippen molar-refractivity contribution in [3.05, 3.63) is 54.4 Å². The van der Waals surface area contributed by atoms with E-state index in [9.17, 15) is 9.59 Å². The number of carbonyl (C=O) groups is 2. The predicted octanol–water partition coefficient (Wildman–Crippen LogP) is 2.55. The Morgan fingerprint density at radius 1 is 1.24 bits per heavy atom. The summed E-state index contributed by atoms with van der Waals surface area (Å²) >= 11 is 0. The van der Waals surface area contributed by atoms with Crippen LogP contribution in [0.25, 0.3) is 16.7 Å². The summed E-state index contributed by atoms with van der Waals surface area (Å²) in [7, 11) is 0. The zero-order chi connectivity index (χ0) is 17.4. The summed E-state index contributed by atoms with van der Waals surface area (Å²) in [5, 5.41) is 5.54. The fraction of sp³-hybridized carbons (Fsp3) is 0.211. The van der Waals surface area contributed by atoms with E-state index in [0.29, 0.717) is 18.5 Å². The van der Waals surface area contributed by atoms with E-state index in [-0.39, 0.29) is 11.8 Å². The lowest BCUT2D eigenvalue weighted by Gasteiger charge is -2.11. The van der Waals surface area contributed by atoms with Gasteiger partial charge in [0, 0.05) is 17.8 Å². The van der Waals surface area contributed by atoms with Gasteiger partial charge in [-0.2, -0.15) is 0 Å². The first-order valence-electron chi connectivity index (χ1n) is 8.26. The molecular weight excluding hydrogens is 316 g/mol. The number of rotatable bonds is 3. The summed E-state index contributed by atoms with van der Waals surface area (Å²) in [5.74, 6) is 0.616. The average molecular weight is 334 g/mol. The molecule has 0 spiro atoms. The third kappa shape index (κ3) is 2.87. The molecule has 0 radical (unpaired) electrons. The summed E-state index contributed by atoms with van der Waals surface area (Å²) in [6.07, 6.45) is 0.937. The number of carbonyl (C=O) groups excluding carboxylic acids is 2. The number of anilines is 1. The quantitative estimate of drug-likeness (QED) is 0.773. The molecule has 2 amide bonds. The first kappa shape index (κ1) is 15.4. The molecule has 0 saturated carbocycles. The minimum atomic E-state index is -0.452. The van der Waals surface area contributed by atoms with Crippen molar-refractivity contribution in [2.75, 3.05) is 5.32 Å². The van der Waals surface area contributed by atoms with E-state index in [1.54, 1.807) is 0 Å². The maximum atomic E-state index is 12.2. The highest BCUT2D eigenvalue weighted by Gasteiger charge is 2.27. The number of imidazole rings is 1. The molecule has 6 nitrogen and oxygen atoms in total. The van der Waals surface area contributed by atoms with Gasteiger partial charge in [-0.3, -0.25) is 14.2 Å². The third-order valence-corrected chi connectivity index (χ3v) is 4.42. The number of nitrogens with zero attached hydrogens (tertiary/aromatic N) is 2. The van der Waals surface area contributed by atoms with Gasteiger partial charge in [-0.1, -0.05) is 18.2 Å². The molecule has 2 aromatic carbocycles. The van der Waals surface area contributed by atoms with Crippen molar-refractivity contribution in [2.45, 2.75) is 25.8 Å². The molecule has 1 saturated heterocycles. The van der Waals surface area contributed by atoms with Crippen molar-refractivity contribution < 1.29 is 9.59 Å². The van der Waals surface area contributed by atoms with Crippen LogP contribution in [0.2, 0.25) is 0 Å². The van der Waals surface area contributed by atoms with E-state index in [4.69, 9.17) is 0 Å². The molecule has 3 aromatic rings. The van der Waals surface area contributed by atoms with Crippen molar-refractivity contribution in [1.82, 2.24) is 14.9 Å². The average Bonchev–Trinajstić information content (AvgIpc) is 3.18. The van der Waals surface area contributed by atoms with E-state index < -0.39 is 6.04 Å². The summed E-state index contributed by atoms with van der Waals surface area (Å²) in [6.45, 7) is 1.96. The SMILES string of the molecule is Cc1nc2cc(NC(=O)[C@@H]3CCC(=O)N3)ccc2n1-c1ccccc1. The molecule has 0 unspecified atom stereocenters. The molecule has 1 aromatic heterocycles. The molecule has 6 heteroatoms. The van der Waals surface area contributed by atoms with Crippen LogP contribution in [-0.2, 0) is 9.59 Å². The number of hydrogen-bond acceptors (Lipinski definition) is 3. The number of benzene rings is 2. The highest BCUT2D eigenvalue weighted by molar-refractivity contribution is 6.00. The zero-order valence-electron chi connectivity index (χ0n) is 13.8. The Hall–Kier alpha value is -3.15. The highest BCUT2D eigenvalue weighted by atomic mass is 16.2. The number of fused-ring (bicyclic) bond motifs is 1. The second-order valence-corrected chi connectivity index (χ2v) is 6.18. The van der Waals surface area contributed by atoms with Crippen LogP contribution in [0.15, 0.2) is 48.5 Å². The minimum Gasteiger partial charge on any atom is -0.344 e. The highest BCUT2D eigenvalue weighted by Crippen LogP contribution is 2.24. The van der Waals surface area contributed by atoms with Crippen molar-refractivity contribution in [1.29, 1.82) is 0 Å². The number of aryl methyl sites for hydroxylation is 1. The van der Waals surface area contributed by atoms with Crippen molar-refractivity contribution in [3.63, 3.8) is 0 Å². The lowest BCUT2D eigenvalue weighted by molar-refractivity contribution is -0.122. The van der Waals surface area contributed by atoms with Crippen LogP contribution in [0.1, 0.15) is 18.7 Å². The molecule has 2 N–H and O–H groups in total. The van der Waals surface area contributed by atoms with Crippen molar-refractivity contribution >= 4 is 28.5 Å². The Kier molecular flexibility index (Phi) is 3.72. The monoisotopic (exact) mass is 334 g/mol. The second-order valence-electron chi connectivity index (χ2n) is 6.18. The molecule has 0 bridgehead atoms. The summed E-state index contributed by atoms with van der Waals surface area (Å²) in [4.78, 5) is 28.1. The van der Waals surface area contributed by atoms with Gasteiger partial charge in [0.05, 0.1) is 11.0 Å².